The maximum absolute atomic E-state index is 13.7. The van der Waals surface area contributed by atoms with Gasteiger partial charge in [0.25, 0.3) is 5.91 Å². The molecule has 0 unspecified atom stereocenters. The van der Waals surface area contributed by atoms with E-state index in [1.807, 2.05) is 13.0 Å². The maximum atomic E-state index is 13.7. The zero-order valence-electron chi connectivity index (χ0n) is 15.5. The number of hydrogen-bond donors (Lipinski definition) is 0. The van der Waals surface area contributed by atoms with E-state index in [1.165, 1.54) is 18.5 Å². The molecule has 7 heteroatoms. The highest BCUT2D eigenvalue weighted by molar-refractivity contribution is 6.30. The Bertz CT molecular complexity index is 1050. The molecule has 3 heterocycles. The van der Waals surface area contributed by atoms with E-state index < -0.39 is 0 Å². The van der Waals surface area contributed by atoms with Gasteiger partial charge in [0.05, 0.1) is 17.1 Å². The fourth-order valence-electron chi connectivity index (χ4n) is 3.49. The molecule has 2 aromatic heterocycles. The second-order valence-electron chi connectivity index (χ2n) is 6.91. The third kappa shape index (κ3) is 3.36. The molecule has 0 fully saturated rings. The molecule has 1 amide bonds. The highest BCUT2D eigenvalue weighted by Gasteiger charge is 2.25. The lowest BCUT2D eigenvalue weighted by atomic mass is 9.94. The van der Waals surface area contributed by atoms with E-state index in [1.54, 1.807) is 30.3 Å². The molecule has 5 nitrogen and oxygen atoms in total. The first kappa shape index (κ1) is 18.5. The number of carbonyl (C=O) groups is 1. The third-order valence-corrected chi connectivity index (χ3v) is 5.31. The van der Waals surface area contributed by atoms with Gasteiger partial charge in [0.1, 0.15) is 12.1 Å². The van der Waals surface area contributed by atoms with E-state index in [2.05, 4.69) is 15.0 Å². The van der Waals surface area contributed by atoms with Gasteiger partial charge in [0, 0.05) is 36.3 Å². The summed E-state index contributed by atoms with van der Waals surface area (Å²) in [5.41, 5.74) is 4.35. The first-order valence-corrected chi connectivity index (χ1v) is 9.33. The van der Waals surface area contributed by atoms with Crippen LogP contribution in [0.5, 0.6) is 0 Å². The second-order valence-corrected chi connectivity index (χ2v) is 7.35. The number of fused-ring (bicyclic) bond motifs is 1. The van der Waals surface area contributed by atoms with Crippen molar-refractivity contribution in [3.8, 4) is 11.4 Å². The standard InChI is InChI=1S/C21H18ClFN4O/c1-12(13-7-14(22)9-15(23)8-13)18-10-19(26-11-25-18)20-16-4-6-27(2)21(28)17(16)3-5-24-20/h3,5,7-12H,4,6H2,1-2H3/t12-/m1/s1. The number of rotatable bonds is 3. The van der Waals surface area contributed by atoms with Crippen molar-refractivity contribution in [3.63, 3.8) is 0 Å². The molecule has 0 spiro atoms. The number of amides is 1. The fourth-order valence-corrected chi connectivity index (χ4v) is 3.72. The highest BCUT2D eigenvalue weighted by Crippen LogP contribution is 2.30. The van der Waals surface area contributed by atoms with Gasteiger partial charge in [-0.15, -0.1) is 0 Å². The molecular formula is C21H18ClFN4O. The largest absolute Gasteiger partial charge is 0.341 e. The summed E-state index contributed by atoms with van der Waals surface area (Å²) in [6.07, 6.45) is 3.82. The predicted molar refractivity (Wildman–Crippen MR) is 105 cm³/mol. The van der Waals surface area contributed by atoms with Crippen LogP contribution >= 0.6 is 11.6 Å². The van der Waals surface area contributed by atoms with Gasteiger partial charge >= 0.3 is 0 Å². The van der Waals surface area contributed by atoms with E-state index in [0.717, 1.165) is 23.2 Å². The van der Waals surface area contributed by atoms with Crippen molar-refractivity contribution >= 4 is 17.5 Å². The summed E-state index contributed by atoms with van der Waals surface area (Å²) < 4.78 is 13.7. The Balaban J connectivity index is 1.75. The molecule has 0 N–H and O–H groups in total. The number of likely N-dealkylation sites (N-methyl/N-ethyl adjacent to an activating group) is 1. The van der Waals surface area contributed by atoms with Crippen LogP contribution in [0.2, 0.25) is 5.02 Å². The summed E-state index contributed by atoms with van der Waals surface area (Å²) in [4.78, 5) is 27.4. The van der Waals surface area contributed by atoms with Gasteiger partial charge in [-0.05, 0) is 47.9 Å². The van der Waals surface area contributed by atoms with Crippen LogP contribution in [0, 0.1) is 5.82 Å². The number of nitrogens with zero attached hydrogens (tertiary/aromatic N) is 4. The lowest BCUT2D eigenvalue weighted by Gasteiger charge is -2.25. The van der Waals surface area contributed by atoms with Crippen LogP contribution in [0.25, 0.3) is 11.4 Å². The molecule has 1 aromatic carbocycles. The van der Waals surface area contributed by atoms with Gasteiger partial charge in [0.2, 0.25) is 0 Å². The van der Waals surface area contributed by atoms with E-state index >= 15 is 0 Å². The molecule has 0 saturated carbocycles. The zero-order valence-corrected chi connectivity index (χ0v) is 16.2. The molecule has 0 radical (unpaired) electrons. The van der Waals surface area contributed by atoms with Gasteiger partial charge in [-0.2, -0.15) is 0 Å². The molecule has 4 rings (SSSR count). The van der Waals surface area contributed by atoms with Crippen LogP contribution in [0.3, 0.4) is 0 Å². The van der Waals surface area contributed by atoms with Crippen molar-refractivity contribution in [3.05, 3.63) is 76.1 Å². The Hall–Kier alpha value is -2.86. The van der Waals surface area contributed by atoms with Crippen molar-refractivity contribution in [2.45, 2.75) is 19.3 Å². The molecule has 1 atom stereocenters. The molecule has 1 aliphatic heterocycles. The van der Waals surface area contributed by atoms with Crippen LogP contribution in [0.15, 0.2) is 42.9 Å². The second kappa shape index (κ2) is 7.28. The normalized spacial score (nSPS) is 14.7. The average Bonchev–Trinajstić information content (AvgIpc) is 2.69. The summed E-state index contributed by atoms with van der Waals surface area (Å²) in [6, 6.07) is 8.05. The van der Waals surface area contributed by atoms with Crippen LogP contribution in [-0.2, 0) is 6.42 Å². The van der Waals surface area contributed by atoms with E-state index in [9.17, 15) is 9.18 Å². The smallest absolute Gasteiger partial charge is 0.254 e. The summed E-state index contributed by atoms with van der Waals surface area (Å²) in [6.45, 7) is 2.57. The Morgan fingerprint density at radius 3 is 2.79 bits per heavy atom. The maximum Gasteiger partial charge on any atom is 0.254 e. The van der Waals surface area contributed by atoms with Crippen LogP contribution in [-0.4, -0.2) is 39.4 Å². The van der Waals surface area contributed by atoms with Crippen molar-refractivity contribution in [2.24, 2.45) is 0 Å². The molecular weight excluding hydrogens is 379 g/mol. The number of benzene rings is 1. The van der Waals surface area contributed by atoms with Gasteiger partial charge in [0.15, 0.2) is 0 Å². The topological polar surface area (TPSA) is 59.0 Å². The summed E-state index contributed by atoms with van der Waals surface area (Å²) in [5.74, 6) is -0.575. The first-order chi connectivity index (χ1) is 13.4. The molecule has 3 aromatic rings. The lowest BCUT2D eigenvalue weighted by Crippen LogP contribution is -2.34. The van der Waals surface area contributed by atoms with Gasteiger partial charge < -0.3 is 4.90 Å². The molecule has 1 aliphatic rings. The SMILES string of the molecule is C[C@H](c1cc(F)cc(Cl)c1)c1cc(-c2nccc3c2CCN(C)C3=O)ncn1. The first-order valence-electron chi connectivity index (χ1n) is 8.95. The molecule has 28 heavy (non-hydrogen) atoms. The summed E-state index contributed by atoms with van der Waals surface area (Å²) in [5, 5.41) is 0.345. The Morgan fingerprint density at radius 2 is 2.00 bits per heavy atom. The quantitative estimate of drug-likeness (QED) is 0.668. The molecule has 142 valence electrons. The number of carbonyl (C=O) groups excluding carboxylic acids is 1. The van der Waals surface area contributed by atoms with Crippen molar-refractivity contribution < 1.29 is 9.18 Å². The van der Waals surface area contributed by atoms with E-state index in [4.69, 9.17) is 11.6 Å². The number of hydrogen-bond acceptors (Lipinski definition) is 4. The Kier molecular flexibility index (Phi) is 4.81. The highest BCUT2D eigenvalue weighted by atomic mass is 35.5. The minimum absolute atomic E-state index is 0.0121. The summed E-state index contributed by atoms with van der Waals surface area (Å²) in [7, 11) is 1.79. The van der Waals surface area contributed by atoms with Crippen molar-refractivity contribution in [2.75, 3.05) is 13.6 Å². The predicted octanol–water partition coefficient (Wildman–Crippen LogP) is 4.11. The molecule has 0 aliphatic carbocycles. The van der Waals surface area contributed by atoms with Crippen LogP contribution < -0.4 is 0 Å². The van der Waals surface area contributed by atoms with Crippen molar-refractivity contribution in [1.29, 1.82) is 0 Å². The lowest BCUT2D eigenvalue weighted by molar-refractivity contribution is 0.0781. The monoisotopic (exact) mass is 396 g/mol. The molecule has 0 saturated heterocycles. The van der Waals surface area contributed by atoms with Gasteiger partial charge in [-0.3, -0.25) is 9.78 Å². The Morgan fingerprint density at radius 1 is 1.18 bits per heavy atom. The number of halogens is 2. The Labute approximate surface area is 167 Å². The van der Waals surface area contributed by atoms with Crippen LogP contribution in [0.4, 0.5) is 4.39 Å². The van der Waals surface area contributed by atoms with E-state index in [-0.39, 0.29) is 17.6 Å². The molecule has 0 bridgehead atoms. The third-order valence-electron chi connectivity index (χ3n) is 5.09. The van der Waals surface area contributed by atoms with Crippen LogP contribution in [0.1, 0.15) is 40.0 Å². The van der Waals surface area contributed by atoms with Gasteiger partial charge in [-0.1, -0.05) is 18.5 Å². The minimum atomic E-state index is -0.384. The fraction of sp³-hybridized carbons (Fsp3) is 0.238. The average molecular weight is 397 g/mol. The minimum Gasteiger partial charge on any atom is -0.341 e. The van der Waals surface area contributed by atoms with E-state index in [0.29, 0.717) is 28.5 Å². The summed E-state index contributed by atoms with van der Waals surface area (Å²) >= 11 is 6.00. The number of pyridine rings is 1. The van der Waals surface area contributed by atoms with Crippen molar-refractivity contribution in [1.82, 2.24) is 19.9 Å². The van der Waals surface area contributed by atoms with Gasteiger partial charge in [-0.25, -0.2) is 14.4 Å². The zero-order chi connectivity index (χ0) is 19.8. The number of aromatic nitrogens is 3.